The largest absolute Gasteiger partial charge is 0.494 e. The van der Waals surface area contributed by atoms with Crippen LogP contribution in [0.5, 0.6) is 5.88 Å². The number of aromatic hydroxyl groups is 1. The molecule has 0 saturated carbocycles. The third kappa shape index (κ3) is 1.45. The molecule has 5 heteroatoms. The van der Waals surface area contributed by atoms with Gasteiger partial charge in [0, 0.05) is 23.1 Å². The Bertz CT molecular complexity index is 641. The van der Waals surface area contributed by atoms with Gasteiger partial charge in [-0.3, -0.25) is 9.36 Å². The summed E-state index contributed by atoms with van der Waals surface area (Å²) in [7, 11) is 0. The predicted molar refractivity (Wildman–Crippen MR) is 64.4 cm³/mol. The molecule has 0 bridgehead atoms. The number of amides is 1. The van der Waals surface area contributed by atoms with Crippen LogP contribution in [0.25, 0.3) is 5.69 Å². The van der Waals surface area contributed by atoms with E-state index in [4.69, 9.17) is 11.6 Å². The summed E-state index contributed by atoms with van der Waals surface area (Å²) in [5.74, 6) is -0.320. The number of aromatic nitrogens is 1. The van der Waals surface area contributed by atoms with Gasteiger partial charge < -0.3 is 5.11 Å². The lowest BCUT2D eigenvalue weighted by Crippen LogP contribution is -1.93. The predicted octanol–water partition coefficient (Wildman–Crippen LogP) is 2.41. The molecule has 1 aromatic heterocycles. The maximum Gasteiger partial charge on any atom is 0.279 e. The third-order valence-corrected chi connectivity index (χ3v) is 2.92. The minimum atomic E-state index is -0.331. The molecule has 17 heavy (non-hydrogen) atoms. The van der Waals surface area contributed by atoms with E-state index in [1.54, 1.807) is 30.5 Å². The van der Waals surface area contributed by atoms with Crippen LogP contribution in [0.4, 0.5) is 0 Å². The third-order valence-electron chi connectivity index (χ3n) is 2.66. The fourth-order valence-corrected chi connectivity index (χ4v) is 1.92. The van der Waals surface area contributed by atoms with E-state index >= 15 is 0 Å². The molecule has 3 rings (SSSR count). The van der Waals surface area contributed by atoms with Crippen molar-refractivity contribution in [1.29, 1.82) is 0 Å². The molecule has 2 aromatic rings. The van der Waals surface area contributed by atoms with Crippen LogP contribution < -0.4 is 0 Å². The number of aliphatic imine (C=N–C) groups is 1. The van der Waals surface area contributed by atoms with Crippen molar-refractivity contribution >= 4 is 23.7 Å². The molecule has 1 N–H and O–H groups in total. The zero-order chi connectivity index (χ0) is 12.0. The van der Waals surface area contributed by atoms with Gasteiger partial charge in [-0.2, -0.15) is 0 Å². The maximum atomic E-state index is 11.4. The number of fused-ring (bicyclic) bond motifs is 1. The highest BCUT2D eigenvalue weighted by molar-refractivity contribution is 6.30. The van der Waals surface area contributed by atoms with Crippen LogP contribution in [0.15, 0.2) is 35.5 Å². The fraction of sp³-hybridized carbons (Fsp3) is 0. The molecule has 2 heterocycles. The number of halogens is 1. The van der Waals surface area contributed by atoms with Crippen LogP contribution in [-0.4, -0.2) is 21.8 Å². The van der Waals surface area contributed by atoms with E-state index in [0.29, 0.717) is 16.1 Å². The van der Waals surface area contributed by atoms with Crippen LogP contribution in [0.1, 0.15) is 15.9 Å². The van der Waals surface area contributed by atoms with Gasteiger partial charge >= 0.3 is 0 Å². The fourth-order valence-electron chi connectivity index (χ4n) is 1.80. The van der Waals surface area contributed by atoms with Gasteiger partial charge in [-0.1, -0.05) is 11.6 Å². The Labute approximate surface area is 102 Å². The molecule has 1 amide bonds. The zero-order valence-corrected chi connectivity index (χ0v) is 9.35. The molecular formula is C12H7ClN2O2. The molecule has 1 aliphatic heterocycles. The average Bonchev–Trinajstić information content (AvgIpc) is 2.83. The highest BCUT2D eigenvalue weighted by Crippen LogP contribution is 2.29. The molecule has 0 atom stereocenters. The van der Waals surface area contributed by atoms with Gasteiger partial charge in [-0.15, -0.1) is 0 Å². The molecule has 0 radical (unpaired) electrons. The van der Waals surface area contributed by atoms with Crippen LogP contribution in [0.3, 0.4) is 0 Å². The SMILES string of the molecule is O=C1N=Cc2c1cn(-c1ccc(Cl)cc1)c2O. The van der Waals surface area contributed by atoms with Crippen LogP contribution in [0.2, 0.25) is 5.02 Å². The molecule has 1 aromatic carbocycles. The summed E-state index contributed by atoms with van der Waals surface area (Å²) in [5.41, 5.74) is 1.62. The highest BCUT2D eigenvalue weighted by atomic mass is 35.5. The van der Waals surface area contributed by atoms with Crippen molar-refractivity contribution in [2.24, 2.45) is 4.99 Å². The van der Waals surface area contributed by atoms with Crippen molar-refractivity contribution in [3.8, 4) is 11.6 Å². The van der Waals surface area contributed by atoms with E-state index < -0.39 is 0 Å². The minimum absolute atomic E-state index is 0.0110. The summed E-state index contributed by atoms with van der Waals surface area (Å²) in [5, 5.41) is 10.6. The Hall–Kier alpha value is -2.07. The zero-order valence-electron chi connectivity index (χ0n) is 8.59. The van der Waals surface area contributed by atoms with E-state index in [1.165, 1.54) is 10.8 Å². The van der Waals surface area contributed by atoms with Crippen molar-refractivity contribution in [2.75, 3.05) is 0 Å². The maximum absolute atomic E-state index is 11.4. The first kappa shape index (κ1) is 10.1. The van der Waals surface area contributed by atoms with Gasteiger partial charge in [0.25, 0.3) is 5.91 Å². The van der Waals surface area contributed by atoms with Gasteiger partial charge in [0.05, 0.1) is 11.1 Å². The van der Waals surface area contributed by atoms with E-state index in [0.717, 1.165) is 5.69 Å². The van der Waals surface area contributed by atoms with E-state index in [2.05, 4.69) is 4.99 Å². The van der Waals surface area contributed by atoms with Crippen molar-refractivity contribution in [3.05, 3.63) is 46.6 Å². The molecule has 0 spiro atoms. The second-order valence-corrected chi connectivity index (χ2v) is 4.13. The van der Waals surface area contributed by atoms with Gasteiger partial charge in [-0.05, 0) is 24.3 Å². The average molecular weight is 247 g/mol. The van der Waals surface area contributed by atoms with Crippen molar-refractivity contribution in [1.82, 2.24) is 4.57 Å². The lowest BCUT2D eigenvalue weighted by molar-refractivity contribution is 0.101. The number of carbonyl (C=O) groups excluding carboxylic acids is 1. The first-order valence-corrected chi connectivity index (χ1v) is 5.33. The number of carbonyl (C=O) groups is 1. The van der Waals surface area contributed by atoms with Crippen molar-refractivity contribution < 1.29 is 9.90 Å². The second kappa shape index (κ2) is 3.46. The van der Waals surface area contributed by atoms with Gasteiger partial charge in [0.15, 0.2) is 0 Å². The van der Waals surface area contributed by atoms with Crippen LogP contribution in [-0.2, 0) is 0 Å². The smallest absolute Gasteiger partial charge is 0.279 e. The number of hydrogen-bond donors (Lipinski definition) is 1. The molecule has 1 aliphatic rings. The summed E-state index contributed by atoms with van der Waals surface area (Å²) in [4.78, 5) is 15.0. The molecule has 0 fully saturated rings. The van der Waals surface area contributed by atoms with E-state index in [1.807, 2.05) is 0 Å². The minimum Gasteiger partial charge on any atom is -0.494 e. The van der Waals surface area contributed by atoms with Crippen LogP contribution >= 0.6 is 11.6 Å². The monoisotopic (exact) mass is 246 g/mol. The summed E-state index contributed by atoms with van der Waals surface area (Å²) < 4.78 is 1.53. The van der Waals surface area contributed by atoms with E-state index in [9.17, 15) is 9.90 Å². The standard InChI is InChI=1S/C12H7ClN2O2/c13-7-1-3-8(4-2-7)15-6-10-9(12(15)17)5-14-11(10)16/h1-6,17H. The Morgan fingerprint density at radius 2 is 1.94 bits per heavy atom. The topological polar surface area (TPSA) is 54.6 Å². The summed E-state index contributed by atoms with van der Waals surface area (Å²) in [6.07, 6.45) is 2.95. The van der Waals surface area contributed by atoms with Gasteiger partial charge in [0.1, 0.15) is 0 Å². The molecule has 0 unspecified atom stereocenters. The summed E-state index contributed by atoms with van der Waals surface area (Å²) in [6, 6.07) is 6.96. The summed E-state index contributed by atoms with van der Waals surface area (Å²) >= 11 is 5.79. The lowest BCUT2D eigenvalue weighted by atomic mass is 10.2. The highest BCUT2D eigenvalue weighted by Gasteiger charge is 2.23. The van der Waals surface area contributed by atoms with E-state index in [-0.39, 0.29) is 11.8 Å². The molecule has 0 aliphatic carbocycles. The van der Waals surface area contributed by atoms with Gasteiger partial charge in [0.2, 0.25) is 5.88 Å². The number of nitrogens with zero attached hydrogens (tertiary/aromatic N) is 2. The number of rotatable bonds is 1. The number of benzene rings is 1. The quantitative estimate of drug-likeness (QED) is 0.840. The van der Waals surface area contributed by atoms with Crippen molar-refractivity contribution in [2.45, 2.75) is 0 Å². The first-order valence-electron chi connectivity index (χ1n) is 4.95. The first-order chi connectivity index (χ1) is 8.16. The normalized spacial score (nSPS) is 13.1. The molecule has 84 valence electrons. The van der Waals surface area contributed by atoms with Crippen LogP contribution in [0, 0.1) is 0 Å². The Morgan fingerprint density at radius 1 is 1.24 bits per heavy atom. The summed E-state index contributed by atoms with van der Waals surface area (Å²) in [6.45, 7) is 0. The second-order valence-electron chi connectivity index (χ2n) is 3.69. The Kier molecular flexibility index (Phi) is 2.06. The molecule has 0 saturated heterocycles. The van der Waals surface area contributed by atoms with Gasteiger partial charge in [-0.25, -0.2) is 4.99 Å². The Balaban J connectivity index is 2.17. The molecule has 4 nitrogen and oxygen atoms in total. The van der Waals surface area contributed by atoms with Crippen molar-refractivity contribution in [3.63, 3.8) is 0 Å². The lowest BCUT2D eigenvalue weighted by Gasteiger charge is -2.04. The Morgan fingerprint density at radius 3 is 2.59 bits per heavy atom. The molecular weight excluding hydrogens is 240 g/mol. The number of hydrogen-bond acceptors (Lipinski definition) is 2.